The van der Waals surface area contributed by atoms with Crippen molar-refractivity contribution in [2.75, 3.05) is 11.5 Å². The standard InChI is InChI=1S/C16H26N4O4S2/c1-4-6-11-25(21,22)20(26(23,24)12-7-5-2)13-19-15-10-8-9-14(3)16(15)17-18-19/h8-10H,4-7,11-13H2,1-3H3. The fourth-order valence-electron chi connectivity index (χ4n) is 2.55. The van der Waals surface area contributed by atoms with Crippen LogP contribution in [0.4, 0.5) is 0 Å². The average Bonchev–Trinajstić information content (AvgIpc) is 3.00. The van der Waals surface area contributed by atoms with E-state index in [1.54, 1.807) is 12.1 Å². The summed E-state index contributed by atoms with van der Waals surface area (Å²) < 4.78 is 52.8. The molecule has 0 aliphatic heterocycles. The van der Waals surface area contributed by atoms with Gasteiger partial charge in [0.05, 0.1) is 17.0 Å². The number of benzene rings is 1. The molecule has 10 heteroatoms. The highest BCUT2D eigenvalue weighted by Gasteiger charge is 2.34. The summed E-state index contributed by atoms with van der Waals surface area (Å²) in [5, 5.41) is 8.04. The minimum atomic E-state index is -3.97. The molecule has 1 aromatic carbocycles. The molecule has 8 nitrogen and oxygen atoms in total. The molecule has 0 aliphatic carbocycles. The summed E-state index contributed by atoms with van der Waals surface area (Å²) in [4.78, 5) is 0. The zero-order valence-corrected chi connectivity index (χ0v) is 17.1. The van der Waals surface area contributed by atoms with Crippen molar-refractivity contribution < 1.29 is 16.8 Å². The Morgan fingerprint density at radius 3 is 2.12 bits per heavy atom. The van der Waals surface area contributed by atoms with Gasteiger partial charge in [-0.1, -0.05) is 47.7 Å². The second-order valence-electron chi connectivity index (χ2n) is 6.28. The summed E-state index contributed by atoms with van der Waals surface area (Å²) in [5.41, 5.74) is 2.12. The highest BCUT2D eigenvalue weighted by Crippen LogP contribution is 2.19. The Balaban J connectivity index is 2.45. The van der Waals surface area contributed by atoms with Crippen LogP contribution in [0, 0.1) is 6.92 Å². The van der Waals surface area contributed by atoms with Crippen LogP contribution < -0.4 is 0 Å². The Morgan fingerprint density at radius 1 is 1.00 bits per heavy atom. The summed E-state index contributed by atoms with van der Waals surface area (Å²) in [6, 6.07) is 5.42. The highest BCUT2D eigenvalue weighted by atomic mass is 32.3. The van der Waals surface area contributed by atoms with Crippen LogP contribution in [0.25, 0.3) is 11.0 Å². The fraction of sp³-hybridized carbons (Fsp3) is 0.625. The van der Waals surface area contributed by atoms with E-state index in [0.717, 1.165) is 5.56 Å². The van der Waals surface area contributed by atoms with Crippen LogP contribution in [0.15, 0.2) is 18.2 Å². The molecule has 0 aliphatic rings. The minimum Gasteiger partial charge on any atom is -0.228 e. The number of nitrogens with zero attached hydrogens (tertiary/aromatic N) is 4. The summed E-state index contributed by atoms with van der Waals surface area (Å²) in [5.74, 6) is -0.416. The smallest absolute Gasteiger partial charge is 0.228 e. The van der Waals surface area contributed by atoms with Gasteiger partial charge in [-0.15, -0.1) is 5.10 Å². The maximum absolute atomic E-state index is 12.7. The van der Waals surface area contributed by atoms with Crippen molar-refractivity contribution in [1.29, 1.82) is 0 Å². The van der Waals surface area contributed by atoms with Gasteiger partial charge in [-0.3, -0.25) is 0 Å². The summed E-state index contributed by atoms with van der Waals surface area (Å²) >= 11 is 0. The summed E-state index contributed by atoms with van der Waals surface area (Å²) in [6.45, 7) is 5.20. The Morgan fingerprint density at radius 2 is 1.58 bits per heavy atom. The van der Waals surface area contributed by atoms with Gasteiger partial charge in [-0.05, 0) is 31.4 Å². The van der Waals surface area contributed by atoms with Gasteiger partial charge in [0.15, 0.2) is 0 Å². The van der Waals surface area contributed by atoms with Crippen LogP contribution in [0.5, 0.6) is 0 Å². The van der Waals surface area contributed by atoms with E-state index in [2.05, 4.69) is 10.3 Å². The van der Waals surface area contributed by atoms with Gasteiger partial charge in [-0.2, -0.15) is 0 Å². The molecule has 0 amide bonds. The number of aryl methyl sites for hydroxylation is 1. The van der Waals surface area contributed by atoms with E-state index in [0.29, 0.717) is 40.4 Å². The lowest BCUT2D eigenvalue weighted by atomic mass is 10.2. The molecule has 1 heterocycles. The fourth-order valence-corrected chi connectivity index (χ4v) is 6.66. The lowest BCUT2D eigenvalue weighted by molar-refractivity contribution is 0.424. The Labute approximate surface area is 155 Å². The first-order valence-electron chi connectivity index (χ1n) is 8.75. The molecule has 26 heavy (non-hydrogen) atoms. The van der Waals surface area contributed by atoms with Crippen molar-refractivity contribution in [2.45, 2.75) is 53.1 Å². The van der Waals surface area contributed by atoms with Crippen LogP contribution in [-0.4, -0.2) is 47.0 Å². The Bertz CT molecular complexity index is 914. The third-order valence-electron chi connectivity index (χ3n) is 4.13. The number of sulfonamides is 2. The first-order valence-corrected chi connectivity index (χ1v) is 12.0. The van der Waals surface area contributed by atoms with Gasteiger partial charge in [-0.25, -0.2) is 21.5 Å². The Hall–Kier alpha value is -1.52. The molecular weight excluding hydrogens is 376 g/mol. The van der Waals surface area contributed by atoms with E-state index in [4.69, 9.17) is 0 Å². The second kappa shape index (κ2) is 8.45. The number of fused-ring (bicyclic) bond motifs is 1. The van der Waals surface area contributed by atoms with E-state index in [-0.39, 0.29) is 11.5 Å². The largest absolute Gasteiger partial charge is 0.228 e. The molecule has 0 radical (unpaired) electrons. The van der Waals surface area contributed by atoms with Gasteiger partial charge in [0.1, 0.15) is 12.2 Å². The molecule has 2 aromatic rings. The minimum absolute atomic E-state index is 0.208. The zero-order chi connectivity index (χ0) is 19.4. The average molecular weight is 403 g/mol. The number of aromatic nitrogens is 3. The molecule has 0 unspecified atom stereocenters. The third kappa shape index (κ3) is 4.60. The number of rotatable bonds is 10. The van der Waals surface area contributed by atoms with E-state index < -0.39 is 26.7 Å². The molecular formula is C16H26N4O4S2. The van der Waals surface area contributed by atoms with E-state index in [1.165, 1.54) is 4.68 Å². The first-order chi connectivity index (χ1) is 12.2. The number of hydrogen-bond donors (Lipinski definition) is 0. The van der Waals surface area contributed by atoms with Gasteiger partial charge >= 0.3 is 0 Å². The van der Waals surface area contributed by atoms with Crippen LogP contribution in [0.2, 0.25) is 0 Å². The first kappa shape index (κ1) is 20.8. The quantitative estimate of drug-likeness (QED) is 0.604. The number of hydrogen-bond acceptors (Lipinski definition) is 6. The predicted molar refractivity (Wildman–Crippen MR) is 101 cm³/mol. The molecule has 146 valence electrons. The van der Waals surface area contributed by atoms with Crippen molar-refractivity contribution in [2.24, 2.45) is 0 Å². The van der Waals surface area contributed by atoms with Crippen molar-refractivity contribution in [1.82, 2.24) is 18.7 Å². The maximum Gasteiger partial charge on any atom is 0.228 e. The lowest BCUT2D eigenvalue weighted by Crippen LogP contribution is -2.41. The normalized spacial score (nSPS) is 12.9. The topological polar surface area (TPSA) is 102 Å². The molecule has 1 aromatic heterocycles. The predicted octanol–water partition coefficient (Wildman–Crippen LogP) is 2.26. The van der Waals surface area contributed by atoms with E-state index in [1.807, 2.05) is 26.8 Å². The molecule has 0 N–H and O–H groups in total. The van der Waals surface area contributed by atoms with Crippen LogP contribution in [-0.2, 0) is 26.7 Å². The molecule has 0 saturated heterocycles. The van der Waals surface area contributed by atoms with E-state index >= 15 is 0 Å². The lowest BCUT2D eigenvalue weighted by Gasteiger charge is -2.22. The van der Waals surface area contributed by atoms with Gasteiger partial charge < -0.3 is 0 Å². The van der Waals surface area contributed by atoms with Crippen molar-refractivity contribution in [3.63, 3.8) is 0 Å². The SMILES string of the molecule is CCCCS(=O)(=O)N(Cn1nnc2c(C)cccc21)S(=O)(=O)CCCC. The molecule has 2 rings (SSSR count). The van der Waals surface area contributed by atoms with Crippen molar-refractivity contribution in [3.8, 4) is 0 Å². The zero-order valence-electron chi connectivity index (χ0n) is 15.4. The third-order valence-corrected chi connectivity index (χ3v) is 8.57. The van der Waals surface area contributed by atoms with Crippen molar-refractivity contribution >= 4 is 31.1 Å². The highest BCUT2D eigenvalue weighted by molar-refractivity contribution is 8.03. The van der Waals surface area contributed by atoms with Gasteiger partial charge in [0.2, 0.25) is 20.0 Å². The van der Waals surface area contributed by atoms with Crippen molar-refractivity contribution in [3.05, 3.63) is 23.8 Å². The molecule has 0 saturated carbocycles. The maximum atomic E-state index is 12.7. The Kier molecular flexibility index (Phi) is 6.75. The molecule has 0 fully saturated rings. The molecule has 0 spiro atoms. The van der Waals surface area contributed by atoms with Crippen LogP contribution >= 0.6 is 0 Å². The molecule has 0 bridgehead atoms. The van der Waals surface area contributed by atoms with Gasteiger partial charge in [0, 0.05) is 0 Å². The number of unbranched alkanes of at least 4 members (excludes halogenated alkanes) is 2. The van der Waals surface area contributed by atoms with Crippen LogP contribution in [0.1, 0.15) is 45.1 Å². The van der Waals surface area contributed by atoms with E-state index in [9.17, 15) is 16.8 Å². The summed E-state index contributed by atoms with van der Waals surface area (Å²) in [7, 11) is -7.94. The second-order valence-corrected chi connectivity index (χ2v) is 10.5. The monoisotopic (exact) mass is 402 g/mol. The summed E-state index contributed by atoms with van der Waals surface area (Å²) in [6.07, 6.45) is 2.12. The van der Waals surface area contributed by atoms with Gasteiger partial charge in [0.25, 0.3) is 0 Å². The van der Waals surface area contributed by atoms with Crippen LogP contribution in [0.3, 0.4) is 0 Å². The molecule has 0 atom stereocenters.